The first-order chi connectivity index (χ1) is 51.9. The van der Waals surface area contributed by atoms with Gasteiger partial charge in [0.2, 0.25) is 0 Å². The number of piperidine rings is 2. The van der Waals surface area contributed by atoms with Crippen LogP contribution in [0.15, 0.2) is 146 Å². The van der Waals surface area contributed by atoms with E-state index in [-0.39, 0.29) is 78.0 Å². The Morgan fingerprint density at radius 1 is 0.523 bits per heavy atom. The second-order valence-electron chi connectivity index (χ2n) is 27.2. The Hall–Kier alpha value is -9.83. The number of ether oxygens (including phenoxy) is 2. The molecule has 33 heteroatoms. The lowest BCUT2D eigenvalue weighted by Crippen LogP contribution is -2.57. The standard InChI is InChI=1S/C26H33F3N4O2.C18H16F3N3O4.C14H22N2O.C11H13F3N2.C7H4ClNO4/c1-19-17-32(21-15-22(27)24(29)23(28)16-21)13-14-33(19)25(34)30-10-7-26(35)8-11-31(12-9-26)18-20-5-3-2-4-6-20;1-11-10-22(13-8-15(19)17(21)16(20)9-13)6-7-23(11)18(25)28-14-4-2-12(3-5-14)24(26)27;15-9-6-14(17)7-10-16(11-8-14)12-13-4-2-1-3-5-13;1-7-6-16(3-2-15-7)8-4-9(12)11(14)10(13)5-8;8-7(10)13-6-3-1-5(2-4-6)9(11)12/h2-6,15-16,19,35H,7-14,17-18H2,1H3,(H,30,34);2-5,8-9,11H,6-7,10H2,1H3;1-5,17H,6-12,15H2;4-5,7,15H,2-3,6H2,1H3;1-4H/t19-;11-;;7-;/m11.1./s1. The Kier molecular flexibility index (Phi) is 31.1. The number of rotatable bonds is 16. The number of likely N-dealkylation sites (tertiary alicyclic amines) is 2. The van der Waals surface area contributed by atoms with Crippen LogP contribution in [0.25, 0.3) is 0 Å². The molecule has 12 rings (SSSR count). The van der Waals surface area contributed by atoms with Crippen LogP contribution in [0.3, 0.4) is 0 Å². The van der Waals surface area contributed by atoms with Crippen LogP contribution in [-0.2, 0) is 13.1 Å². The summed E-state index contributed by atoms with van der Waals surface area (Å²) in [5, 5.41) is 48.2. The van der Waals surface area contributed by atoms with Crippen LogP contribution in [-0.4, -0.2) is 185 Å². The fraction of sp³-hybridized carbons (Fsp3) is 0.408. The van der Waals surface area contributed by atoms with Crippen molar-refractivity contribution < 1.29 is 83.4 Å². The Balaban J connectivity index is 0.000000180. The third-order valence-electron chi connectivity index (χ3n) is 19.2. The maximum absolute atomic E-state index is 13.6. The molecule has 0 spiro atoms. The molecule has 0 unspecified atom stereocenters. The normalized spacial score (nSPS) is 18.3. The second kappa shape index (κ2) is 40.0. The lowest BCUT2D eigenvalue weighted by molar-refractivity contribution is -0.385. The molecular weight excluding hydrogens is 1460 g/mol. The molecule has 7 aromatic carbocycles. The minimum Gasteiger partial charge on any atom is -0.414 e. The van der Waals surface area contributed by atoms with E-state index in [1.54, 1.807) is 21.6 Å². The number of nitrogens with zero attached hydrogens (tertiary/aromatic N) is 9. The summed E-state index contributed by atoms with van der Waals surface area (Å²) in [6, 6.07) is 36.2. The van der Waals surface area contributed by atoms with Gasteiger partial charge in [0, 0.05) is 212 Å². The summed E-state index contributed by atoms with van der Waals surface area (Å²) in [4.78, 5) is 68.2. The lowest BCUT2D eigenvalue weighted by Gasteiger charge is -2.41. The predicted octanol–water partition coefficient (Wildman–Crippen LogP) is 13.1. The zero-order chi connectivity index (χ0) is 79.1. The Morgan fingerprint density at radius 2 is 0.890 bits per heavy atom. The highest BCUT2D eigenvalue weighted by molar-refractivity contribution is 6.61. The van der Waals surface area contributed by atoms with Crippen molar-refractivity contribution in [2.24, 2.45) is 5.73 Å². The fourth-order valence-corrected chi connectivity index (χ4v) is 13.1. The van der Waals surface area contributed by atoms with Crippen LogP contribution in [0, 0.1) is 72.6 Å². The van der Waals surface area contributed by atoms with Crippen molar-refractivity contribution in [3.05, 3.63) is 229 Å². The molecule has 109 heavy (non-hydrogen) atoms. The summed E-state index contributed by atoms with van der Waals surface area (Å²) in [6.07, 6.45) is 3.59. The molecule has 3 amide bonds. The van der Waals surface area contributed by atoms with Gasteiger partial charge in [-0.25, -0.2) is 53.9 Å². The minimum atomic E-state index is -1.53. The molecular formula is C76H88ClF9N12O11. The van der Waals surface area contributed by atoms with Gasteiger partial charge >= 0.3 is 17.6 Å². The SMILES string of the molecule is C[C@@H]1CN(c2cc(F)c(F)c(F)c2)CCN1.C[C@@H]1CN(c2cc(F)c(F)c(F)c2)CCN1C(=O)NCCC1(O)CCN(Cc2ccccc2)CC1.C[C@@H]1CN(c2cc(F)c(F)c(F)c2)CCN1C(=O)Oc1ccc([N+](=O)[O-])cc1.NCCC1(O)CCN(Cc2ccccc2)CC1.O=C(Cl)Oc1ccc([N+](=O)[O-])cc1. The molecule has 0 radical (unpaired) electrons. The largest absolute Gasteiger partial charge is 0.415 e. The molecule has 5 fully saturated rings. The zero-order valence-electron chi connectivity index (χ0n) is 60.3. The van der Waals surface area contributed by atoms with E-state index in [0.29, 0.717) is 70.8 Å². The number of aliphatic hydroxyl groups is 2. The van der Waals surface area contributed by atoms with Crippen molar-refractivity contribution in [1.29, 1.82) is 0 Å². The maximum atomic E-state index is 13.6. The van der Waals surface area contributed by atoms with Crippen LogP contribution < -0.4 is 40.5 Å². The molecule has 0 bridgehead atoms. The molecule has 5 saturated heterocycles. The number of hydrogen-bond donors (Lipinski definition) is 5. The van der Waals surface area contributed by atoms with E-state index in [1.165, 1.54) is 64.6 Å². The van der Waals surface area contributed by atoms with Crippen molar-refractivity contribution in [2.75, 3.05) is 113 Å². The van der Waals surface area contributed by atoms with E-state index >= 15 is 0 Å². The van der Waals surface area contributed by atoms with Gasteiger partial charge in [-0.15, -0.1) is 0 Å². The lowest BCUT2D eigenvalue weighted by atomic mass is 9.88. The molecule has 6 N–H and O–H groups in total. The number of anilines is 3. The molecule has 23 nitrogen and oxygen atoms in total. The number of nitrogens with one attached hydrogen (secondary N) is 2. The van der Waals surface area contributed by atoms with Gasteiger partial charge in [-0.05, 0) is 101 Å². The first-order valence-corrected chi connectivity index (χ1v) is 35.8. The molecule has 0 aromatic heterocycles. The number of nitrogens with two attached hydrogens (primary N) is 1. The van der Waals surface area contributed by atoms with Crippen molar-refractivity contribution in [3.8, 4) is 11.5 Å². The van der Waals surface area contributed by atoms with Gasteiger partial charge in [-0.2, -0.15) is 0 Å². The average molecular weight is 1550 g/mol. The number of non-ortho nitro benzene ring substituents is 2. The van der Waals surface area contributed by atoms with E-state index in [1.807, 2.05) is 43.0 Å². The number of carbonyl (C=O) groups is 3. The molecule has 0 saturated carbocycles. The summed E-state index contributed by atoms with van der Waals surface area (Å²) in [5.41, 5.74) is 6.49. The van der Waals surface area contributed by atoms with Gasteiger partial charge in [0.15, 0.2) is 52.4 Å². The molecule has 0 aliphatic carbocycles. The molecule has 5 aliphatic heterocycles. The second-order valence-corrected chi connectivity index (χ2v) is 27.5. The van der Waals surface area contributed by atoms with E-state index in [0.717, 1.165) is 101 Å². The van der Waals surface area contributed by atoms with Gasteiger partial charge in [0.25, 0.3) is 11.4 Å². The Labute approximate surface area is 629 Å². The van der Waals surface area contributed by atoms with Gasteiger partial charge in [0.05, 0.1) is 21.0 Å². The first-order valence-electron chi connectivity index (χ1n) is 35.4. The minimum absolute atomic E-state index is 0.0747. The third kappa shape index (κ3) is 25.4. The number of piperazine rings is 3. The Bertz CT molecular complexity index is 4090. The number of benzene rings is 7. The number of halogens is 10. The van der Waals surface area contributed by atoms with Gasteiger partial charge < -0.3 is 60.6 Å². The van der Waals surface area contributed by atoms with Crippen molar-refractivity contribution in [3.63, 3.8) is 0 Å². The van der Waals surface area contributed by atoms with Crippen LogP contribution in [0.2, 0.25) is 0 Å². The highest BCUT2D eigenvalue weighted by atomic mass is 35.5. The van der Waals surface area contributed by atoms with Crippen molar-refractivity contribution in [1.82, 2.24) is 30.2 Å². The number of hydrogen-bond acceptors (Lipinski definition) is 18. The monoisotopic (exact) mass is 1550 g/mol. The molecule has 7 aromatic rings. The first kappa shape index (κ1) is 84.8. The molecule has 3 atom stereocenters. The summed E-state index contributed by atoms with van der Waals surface area (Å²) >= 11 is 4.92. The summed E-state index contributed by atoms with van der Waals surface area (Å²) in [6.45, 7) is 15.9. The summed E-state index contributed by atoms with van der Waals surface area (Å²) < 4.78 is 129. The number of amides is 3. The number of nitro benzene ring substituents is 2. The number of urea groups is 1. The zero-order valence-corrected chi connectivity index (χ0v) is 61.1. The smallest absolute Gasteiger partial charge is 0.414 e. The molecule has 5 aliphatic rings. The fourth-order valence-electron chi connectivity index (χ4n) is 13.0. The number of nitro groups is 2. The summed E-state index contributed by atoms with van der Waals surface area (Å²) in [5.74, 6) is -11.4. The van der Waals surface area contributed by atoms with Gasteiger partial charge in [-0.1, -0.05) is 60.7 Å². The van der Waals surface area contributed by atoms with Crippen LogP contribution >= 0.6 is 11.6 Å². The Morgan fingerprint density at radius 3 is 1.25 bits per heavy atom. The van der Waals surface area contributed by atoms with Crippen LogP contribution in [0.5, 0.6) is 11.5 Å². The van der Waals surface area contributed by atoms with E-state index in [9.17, 15) is 84.3 Å². The topological polar surface area (TPSA) is 269 Å². The average Bonchev–Trinajstić information content (AvgIpc) is 0.834. The summed E-state index contributed by atoms with van der Waals surface area (Å²) in [7, 11) is 0. The highest BCUT2D eigenvalue weighted by Gasteiger charge is 2.36. The van der Waals surface area contributed by atoms with Crippen LogP contribution in [0.4, 0.5) is 82.3 Å². The maximum Gasteiger partial charge on any atom is 0.415 e. The van der Waals surface area contributed by atoms with Gasteiger partial charge in [0.1, 0.15) is 11.5 Å². The van der Waals surface area contributed by atoms with E-state index in [4.69, 9.17) is 22.1 Å². The predicted molar refractivity (Wildman–Crippen MR) is 393 cm³/mol. The van der Waals surface area contributed by atoms with Crippen molar-refractivity contribution in [2.45, 2.75) is 102 Å². The third-order valence-corrected chi connectivity index (χ3v) is 19.2. The quantitative estimate of drug-likeness (QED) is 0.0198. The highest BCUT2D eigenvalue weighted by Crippen LogP contribution is 2.31. The van der Waals surface area contributed by atoms with Gasteiger partial charge in [-0.3, -0.25) is 30.0 Å². The number of carbonyl (C=O) groups excluding carboxylic acids is 3. The molecule has 5 heterocycles. The van der Waals surface area contributed by atoms with Crippen molar-refractivity contribution >= 4 is 57.6 Å². The van der Waals surface area contributed by atoms with Crippen LogP contribution in [0.1, 0.15) is 70.4 Å². The molecule has 588 valence electrons. The van der Waals surface area contributed by atoms with E-state index < -0.39 is 84.9 Å². The van der Waals surface area contributed by atoms with E-state index in [2.05, 4.69) is 61.6 Å².